The van der Waals surface area contributed by atoms with Crippen molar-refractivity contribution in [2.45, 2.75) is 24.7 Å². The van der Waals surface area contributed by atoms with Crippen LogP contribution in [0.4, 0.5) is 5.69 Å². The Morgan fingerprint density at radius 1 is 1.04 bits per heavy atom. The molecule has 2 aromatic carbocycles. The van der Waals surface area contributed by atoms with Crippen molar-refractivity contribution in [3.8, 4) is 0 Å². The van der Waals surface area contributed by atoms with E-state index in [0.29, 0.717) is 24.4 Å². The molecule has 0 bridgehead atoms. The molecule has 0 atom stereocenters. The molecule has 1 fully saturated rings. The summed E-state index contributed by atoms with van der Waals surface area (Å²) in [7, 11) is -3.50. The van der Waals surface area contributed by atoms with Gasteiger partial charge in [0.05, 0.1) is 4.90 Å². The van der Waals surface area contributed by atoms with Gasteiger partial charge >= 0.3 is 0 Å². The van der Waals surface area contributed by atoms with Crippen LogP contribution in [-0.4, -0.2) is 31.7 Å². The summed E-state index contributed by atoms with van der Waals surface area (Å²) >= 11 is 0. The van der Waals surface area contributed by atoms with E-state index in [4.69, 9.17) is 0 Å². The van der Waals surface area contributed by atoms with Gasteiger partial charge in [-0.05, 0) is 49.6 Å². The van der Waals surface area contributed by atoms with Crippen molar-refractivity contribution in [3.05, 3.63) is 65.7 Å². The first-order chi connectivity index (χ1) is 12.5. The average Bonchev–Trinajstić information content (AvgIpc) is 3.18. The van der Waals surface area contributed by atoms with Crippen LogP contribution in [-0.2, 0) is 14.8 Å². The quantitative estimate of drug-likeness (QED) is 0.819. The SMILES string of the molecule is C/C(=C\c1ccccc1)C(=O)Nc1cccc(S(=O)(=O)N2CCCC2)c1. The number of carbonyl (C=O) groups excluding carboxylic acids is 1. The van der Waals surface area contributed by atoms with E-state index in [2.05, 4.69) is 5.32 Å². The van der Waals surface area contributed by atoms with Crippen LogP contribution >= 0.6 is 0 Å². The van der Waals surface area contributed by atoms with Gasteiger partial charge < -0.3 is 5.32 Å². The monoisotopic (exact) mass is 370 g/mol. The van der Waals surface area contributed by atoms with Gasteiger partial charge in [0, 0.05) is 24.4 Å². The van der Waals surface area contributed by atoms with E-state index in [0.717, 1.165) is 18.4 Å². The highest BCUT2D eigenvalue weighted by Gasteiger charge is 2.27. The second kappa shape index (κ2) is 7.85. The number of rotatable bonds is 5. The summed E-state index contributed by atoms with van der Waals surface area (Å²) in [5.74, 6) is -0.260. The third-order valence-corrected chi connectivity index (χ3v) is 6.23. The van der Waals surface area contributed by atoms with Gasteiger partial charge in [0.15, 0.2) is 0 Å². The van der Waals surface area contributed by atoms with Crippen molar-refractivity contribution >= 4 is 27.7 Å². The maximum Gasteiger partial charge on any atom is 0.251 e. The Kier molecular flexibility index (Phi) is 5.54. The van der Waals surface area contributed by atoms with Crippen LogP contribution in [0.15, 0.2) is 65.1 Å². The summed E-state index contributed by atoms with van der Waals surface area (Å²) in [5, 5.41) is 2.77. The minimum absolute atomic E-state index is 0.210. The van der Waals surface area contributed by atoms with Crippen LogP contribution in [0.1, 0.15) is 25.3 Å². The average molecular weight is 370 g/mol. The molecule has 0 saturated carbocycles. The van der Waals surface area contributed by atoms with Gasteiger partial charge in [-0.1, -0.05) is 36.4 Å². The van der Waals surface area contributed by atoms with E-state index in [9.17, 15) is 13.2 Å². The molecule has 3 rings (SSSR count). The van der Waals surface area contributed by atoms with E-state index < -0.39 is 10.0 Å². The lowest BCUT2D eigenvalue weighted by atomic mass is 10.1. The Labute approximate surface area is 154 Å². The maximum atomic E-state index is 12.6. The minimum Gasteiger partial charge on any atom is -0.322 e. The van der Waals surface area contributed by atoms with Crippen molar-refractivity contribution in [1.29, 1.82) is 0 Å². The van der Waals surface area contributed by atoms with Crippen LogP contribution in [0.2, 0.25) is 0 Å². The molecule has 1 heterocycles. The van der Waals surface area contributed by atoms with Gasteiger partial charge in [0.25, 0.3) is 5.91 Å². The number of benzene rings is 2. The molecular formula is C20H22N2O3S. The van der Waals surface area contributed by atoms with Crippen molar-refractivity contribution in [2.24, 2.45) is 0 Å². The first kappa shape index (κ1) is 18.4. The molecule has 0 aliphatic carbocycles. The van der Waals surface area contributed by atoms with Crippen LogP contribution in [0.3, 0.4) is 0 Å². The predicted molar refractivity (Wildman–Crippen MR) is 103 cm³/mol. The van der Waals surface area contributed by atoms with Crippen molar-refractivity contribution < 1.29 is 13.2 Å². The van der Waals surface area contributed by atoms with E-state index >= 15 is 0 Å². The first-order valence-electron chi connectivity index (χ1n) is 8.62. The third-order valence-electron chi connectivity index (χ3n) is 4.34. The van der Waals surface area contributed by atoms with Gasteiger partial charge in [-0.3, -0.25) is 4.79 Å². The lowest BCUT2D eigenvalue weighted by Crippen LogP contribution is -2.27. The van der Waals surface area contributed by atoms with Crippen molar-refractivity contribution in [2.75, 3.05) is 18.4 Å². The summed E-state index contributed by atoms with van der Waals surface area (Å²) in [6.45, 7) is 2.84. The number of sulfonamides is 1. The highest BCUT2D eigenvalue weighted by atomic mass is 32.2. The molecule has 1 saturated heterocycles. The van der Waals surface area contributed by atoms with Gasteiger partial charge in [-0.2, -0.15) is 4.31 Å². The molecule has 1 N–H and O–H groups in total. The minimum atomic E-state index is -3.50. The first-order valence-corrected chi connectivity index (χ1v) is 10.1. The fourth-order valence-electron chi connectivity index (χ4n) is 2.91. The number of hydrogen-bond donors (Lipinski definition) is 1. The van der Waals surface area contributed by atoms with Crippen LogP contribution in [0, 0.1) is 0 Å². The zero-order valence-electron chi connectivity index (χ0n) is 14.7. The molecule has 0 spiro atoms. The Bertz CT molecular complexity index is 915. The van der Waals surface area contributed by atoms with Crippen LogP contribution in [0.25, 0.3) is 6.08 Å². The van der Waals surface area contributed by atoms with E-state index in [1.54, 1.807) is 31.2 Å². The molecule has 26 heavy (non-hydrogen) atoms. The van der Waals surface area contributed by atoms with Crippen molar-refractivity contribution in [3.63, 3.8) is 0 Å². The van der Waals surface area contributed by atoms with E-state index in [1.165, 1.54) is 10.4 Å². The van der Waals surface area contributed by atoms with Gasteiger partial charge in [-0.25, -0.2) is 8.42 Å². The zero-order valence-corrected chi connectivity index (χ0v) is 15.5. The lowest BCUT2D eigenvalue weighted by molar-refractivity contribution is -0.112. The Morgan fingerprint density at radius 2 is 1.73 bits per heavy atom. The molecule has 0 radical (unpaired) electrons. The molecule has 0 aromatic heterocycles. The number of nitrogens with zero attached hydrogens (tertiary/aromatic N) is 1. The summed E-state index contributed by atoms with van der Waals surface area (Å²) in [4.78, 5) is 12.6. The molecule has 6 heteroatoms. The molecule has 2 aromatic rings. The number of anilines is 1. The highest BCUT2D eigenvalue weighted by Crippen LogP contribution is 2.23. The normalized spacial score (nSPS) is 15.8. The number of hydrogen-bond acceptors (Lipinski definition) is 3. The Balaban J connectivity index is 1.76. The number of amides is 1. The van der Waals surface area contributed by atoms with Gasteiger partial charge in [0.1, 0.15) is 0 Å². The largest absolute Gasteiger partial charge is 0.322 e. The van der Waals surface area contributed by atoms with Crippen LogP contribution < -0.4 is 5.32 Å². The Hall–Kier alpha value is -2.44. The smallest absolute Gasteiger partial charge is 0.251 e. The molecule has 1 aliphatic rings. The maximum absolute atomic E-state index is 12.6. The van der Waals surface area contributed by atoms with Crippen LogP contribution in [0.5, 0.6) is 0 Å². The summed E-state index contributed by atoms with van der Waals surface area (Å²) < 4.78 is 26.8. The van der Waals surface area contributed by atoms with E-state index in [1.807, 2.05) is 30.3 Å². The second-order valence-corrected chi connectivity index (χ2v) is 8.27. The topological polar surface area (TPSA) is 66.5 Å². The predicted octanol–water partition coefficient (Wildman–Crippen LogP) is 3.51. The molecule has 5 nitrogen and oxygen atoms in total. The molecule has 1 amide bonds. The fourth-order valence-corrected chi connectivity index (χ4v) is 4.47. The number of carbonyl (C=O) groups is 1. The summed E-state index contributed by atoms with van der Waals surface area (Å²) in [6, 6.07) is 16.0. The summed E-state index contributed by atoms with van der Waals surface area (Å²) in [6.07, 6.45) is 3.57. The second-order valence-electron chi connectivity index (χ2n) is 6.33. The Morgan fingerprint density at radius 3 is 2.42 bits per heavy atom. The molecule has 0 unspecified atom stereocenters. The fraction of sp³-hybridized carbons (Fsp3) is 0.250. The third kappa shape index (κ3) is 4.20. The molecular weight excluding hydrogens is 348 g/mol. The lowest BCUT2D eigenvalue weighted by Gasteiger charge is -2.16. The van der Waals surface area contributed by atoms with Gasteiger partial charge in [0.2, 0.25) is 10.0 Å². The number of nitrogens with one attached hydrogen (secondary N) is 1. The van der Waals surface area contributed by atoms with Crippen molar-refractivity contribution in [1.82, 2.24) is 4.31 Å². The zero-order chi connectivity index (χ0) is 18.6. The molecule has 136 valence electrons. The van der Waals surface area contributed by atoms with E-state index in [-0.39, 0.29) is 10.8 Å². The highest BCUT2D eigenvalue weighted by molar-refractivity contribution is 7.89. The summed E-state index contributed by atoms with van der Waals surface area (Å²) in [5.41, 5.74) is 1.95. The standard InChI is InChI=1S/C20H22N2O3S/c1-16(14-17-8-3-2-4-9-17)20(23)21-18-10-7-11-19(15-18)26(24,25)22-12-5-6-13-22/h2-4,7-11,14-15H,5-6,12-13H2,1H3,(H,21,23)/b16-14+. The molecule has 1 aliphatic heterocycles. The van der Waals surface area contributed by atoms with Gasteiger partial charge in [-0.15, -0.1) is 0 Å².